The average molecular weight is 376 g/mol. The van der Waals surface area contributed by atoms with Gasteiger partial charge in [-0.05, 0) is 31.7 Å². The van der Waals surface area contributed by atoms with E-state index < -0.39 is 17.4 Å². The van der Waals surface area contributed by atoms with Crippen LogP contribution in [0, 0.1) is 5.82 Å². The fourth-order valence-corrected chi connectivity index (χ4v) is 3.26. The Kier molecular flexibility index (Phi) is 4.98. The van der Waals surface area contributed by atoms with Crippen LogP contribution in [0.2, 0.25) is 5.02 Å². The lowest BCUT2D eigenvalue weighted by molar-refractivity contribution is -0.132. The Morgan fingerprint density at radius 2 is 1.85 bits per heavy atom. The Morgan fingerprint density at radius 3 is 2.50 bits per heavy atom. The second-order valence-electron chi connectivity index (χ2n) is 6.51. The highest BCUT2D eigenvalue weighted by atomic mass is 35.5. The quantitative estimate of drug-likeness (QED) is 0.815. The number of imide groups is 1. The zero-order valence-electron chi connectivity index (χ0n) is 14.5. The van der Waals surface area contributed by atoms with E-state index in [1.807, 2.05) is 18.2 Å². The molecular formula is C19H19ClFN3O2. The largest absolute Gasteiger partial charge is 0.326 e. The summed E-state index contributed by atoms with van der Waals surface area (Å²) in [5, 5.41) is 3.06. The third kappa shape index (κ3) is 3.30. The smallest absolute Gasteiger partial charge is 0.319 e. The Hall–Kier alpha value is -2.44. The predicted molar refractivity (Wildman–Crippen MR) is 96.9 cm³/mol. The van der Waals surface area contributed by atoms with Crippen LogP contribution < -0.4 is 5.32 Å². The number of benzene rings is 2. The molecule has 1 heterocycles. The second-order valence-corrected chi connectivity index (χ2v) is 6.92. The third-order valence-corrected chi connectivity index (χ3v) is 4.85. The molecule has 0 unspecified atom stereocenters. The van der Waals surface area contributed by atoms with Crippen LogP contribution in [0.5, 0.6) is 0 Å². The standard InChI is InChI=1S/C19H19ClFN3O2/c1-19(13-7-4-3-5-8-13)17(25)24(18(26)22-19)12-23(2)11-14-15(20)9-6-10-16(14)21/h3-10H,11-12H2,1-2H3,(H,22,26)/t19-/m0/s1. The molecule has 0 spiro atoms. The molecule has 1 saturated heterocycles. The molecule has 5 nitrogen and oxygen atoms in total. The SMILES string of the molecule is CN(Cc1c(F)cccc1Cl)CN1C(=O)N[C@@](C)(c2ccccc2)C1=O. The summed E-state index contributed by atoms with van der Waals surface area (Å²) in [6, 6.07) is 13.1. The minimum absolute atomic E-state index is 0.0255. The maximum Gasteiger partial charge on any atom is 0.326 e. The van der Waals surface area contributed by atoms with Crippen LogP contribution in [-0.4, -0.2) is 35.5 Å². The van der Waals surface area contributed by atoms with Gasteiger partial charge in [0, 0.05) is 17.1 Å². The summed E-state index contributed by atoms with van der Waals surface area (Å²) in [7, 11) is 1.70. The number of hydrogen-bond donors (Lipinski definition) is 1. The fourth-order valence-electron chi connectivity index (χ4n) is 3.04. The molecule has 0 saturated carbocycles. The summed E-state index contributed by atoms with van der Waals surface area (Å²) in [6.07, 6.45) is 0. The van der Waals surface area contributed by atoms with Crippen molar-refractivity contribution < 1.29 is 14.0 Å². The van der Waals surface area contributed by atoms with Crippen molar-refractivity contribution in [3.8, 4) is 0 Å². The van der Waals surface area contributed by atoms with Gasteiger partial charge in [-0.1, -0.05) is 48.0 Å². The molecule has 1 aliphatic rings. The molecule has 1 aliphatic heterocycles. The van der Waals surface area contributed by atoms with E-state index in [1.165, 1.54) is 12.1 Å². The summed E-state index contributed by atoms with van der Waals surface area (Å²) >= 11 is 6.05. The van der Waals surface area contributed by atoms with Crippen molar-refractivity contribution >= 4 is 23.5 Å². The maximum absolute atomic E-state index is 14.0. The number of carbonyl (C=O) groups excluding carboxylic acids is 2. The van der Waals surface area contributed by atoms with Crippen molar-refractivity contribution in [1.82, 2.24) is 15.1 Å². The van der Waals surface area contributed by atoms with Crippen LogP contribution in [0.1, 0.15) is 18.1 Å². The lowest BCUT2D eigenvalue weighted by Gasteiger charge is -2.25. The molecule has 2 aromatic carbocycles. The van der Waals surface area contributed by atoms with E-state index >= 15 is 0 Å². The first-order valence-corrected chi connectivity index (χ1v) is 8.52. The third-order valence-electron chi connectivity index (χ3n) is 4.50. The van der Waals surface area contributed by atoms with Crippen LogP contribution in [-0.2, 0) is 16.9 Å². The maximum atomic E-state index is 14.0. The van der Waals surface area contributed by atoms with Gasteiger partial charge in [0.05, 0.1) is 6.67 Å². The van der Waals surface area contributed by atoms with Gasteiger partial charge in [-0.15, -0.1) is 0 Å². The molecular weight excluding hydrogens is 357 g/mol. The molecule has 1 N–H and O–H groups in total. The fraction of sp³-hybridized carbons (Fsp3) is 0.263. The zero-order chi connectivity index (χ0) is 18.9. The minimum atomic E-state index is -1.12. The number of nitrogens with one attached hydrogen (secondary N) is 1. The van der Waals surface area contributed by atoms with E-state index in [4.69, 9.17) is 11.6 Å². The van der Waals surface area contributed by atoms with Crippen LogP contribution in [0.25, 0.3) is 0 Å². The van der Waals surface area contributed by atoms with Gasteiger partial charge in [0.15, 0.2) is 0 Å². The van der Waals surface area contributed by atoms with Crippen molar-refractivity contribution in [2.45, 2.75) is 19.0 Å². The Labute approximate surface area is 156 Å². The molecule has 7 heteroatoms. The summed E-state index contributed by atoms with van der Waals surface area (Å²) in [5.41, 5.74) is -0.0790. The van der Waals surface area contributed by atoms with Gasteiger partial charge in [-0.3, -0.25) is 9.69 Å². The molecule has 3 amide bonds. The van der Waals surface area contributed by atoms with Crippen molar-refractivity contribution in [3.05, 3.63) is 70.5 Å². The van der Waals surface area contributed by atoms with Crippen molar-refractivity contribution in [3.63, 3.8) is 0 Å². The number of hydrogen-bond acceptors (Lipinski definition) is 3. The van der Waals surface area contributed by atoms with Crippen LogP contribution in [0.3, 0.4) is 0 Å². The van der Waals surface area contributed by atoms with Crippen LogP contribution in [0.15, 0.2) is 48.5 Å². The van der Waals surface area contributed by atoms with Gasteiger partial charge in [0.25, 0.3) is 5.91 Å². The average Bonchev–Trinajstić information content (AvgIpc) is 2.83. The van der Waals surface area contributed by atoms with Gasteiger partial charge >= 0.3 is 6.03 Å². The molecule has 1 atom stereocenters. The predicted octanol–water partition coefficient (Wildman–Crippen LogP) is 3.34. The summed E-state index contributed by atoms with van der Waals surface area (Å²) in [6.45, 7) is 1.87. The topological polar surface area (TPSA) is 52.6 Å². The Balaban J connectivity index is 1.76. The normalized spacial score (nSPS) is 20.0. The molecule has 136 valence electrons. The Morgan fingerprint density at radius 1 is 1.15 bits per heavy atom. The van der Waals surface area contributed by atoms with E-state index in [1.54, 1.807) is 37.1 Å². The molecule has 0 aliphatic carbocycles. The van der Waals surface area contributed by atoms with Crippen LogP contribution in [0.4, 0.5) is 9.18 Å². The van der Waals surface area contributed by atoms with Crippen molar-refractivity contribution in [2.75, 3.05) is 13.7 Å². The van der Waals surface area contributed by atoms with E-state index in [9.17, 15) is 14.0 Å². The number of amides is 3. The lowest BCUT2D eigenvalue weighted by atomic mass is 9.92. The molecule has 1 fully saturated rings. The summed E-state index contributed by atoms with van der Waals surface area (Å²) in [5.74, 6) is -0.768. The number of carbonyl (C=O) groups is 2. The first kappa shape index (κ1) is 18.4. The molecule has 0 radical (unpaired) electrons. The number of urea groups is 1. The van der Waals surface area contributed by atoms with Gasteiger partial charge in [0.1, 0.15) is 11.4 Å². The highest BCUT2D eigenvalue weighted by Crippen LogP contribution is 2.29. The van der Waals surface area contributed by atoms with Gasteiger partial charge in [0.2, 0.25) is 0 Å². The monoisotopic (exact) mass is 375 g/mol. The van der Waals surface area contributed by atoms with E-state index in [2.05, 4.69) is 5.32 Å². The van der Waals surface area contributed by atoms with Crippen molar-refractivity contribution in [2.24, 2.45) is 0 Å². The van der Waals surface area contributed by atoms with E-state index in [0.29, 0.717) is 16.1 Å². The second kappa shape index (κ2) is 7.05. The molecule has 26 heavy (non-hydrogen) atoms. The lowest BCUT2D eigenvalue weighted by Crippen LogP contribution is -2.42. The molecule has 0 bridgehead atoms. The molecule has 0 aromatic heterocycles. The summed E-state index contributed by atoms with van der Waals surface area (Å²) in [4.78, 5) is 28.0. The van der Waals surface area contributed by atoms with Gasteiger partial charge < -0.3 is 5.32 Å². The number of rotatable bonds is 5. The Bertz CT molecular complexity index is 826. The van der Waals surface area contributed by atoms with E-state index in [0.717, 1.165) is 4.90 Å². The van der Waals surface area contributed by atoms with Gasteiger partial charge in [-0.25, -0.2) is 14.1 Å². The van der Waals surface area contributed by atoms with Gasteiger partial charge in [-0.2, -0.15) is 0 Å². The first-order chi connectivity index (χ1) is 12.3. The highest BCUT2D eigenvalue weighted by Gasteiger charge is 2.49. The number of halogens is 2. The van der Waals surface area contributed by atoms with Crippen LogP contribution >= 0.6 is 11.6 Å². The van der Waals surface area contributed by atoms with E-state index in [-0.39, 0.29) is 19.1 Å². The van der Waals surface area contributed by atoms with Crippen molar-refractivity contribution in [1.29, 1.82) is 0 Å². The molecule has 3 rings (SSSR count). The highest BCUT2D eigenvalue weighted by molar-refractivity contribution is 6.31. The minimum Gasteiger partial charge on any atom is -0.319 e. The summed E-state index contributed by atoms with van der Waals surface area (Å²) < 4.78 is 14.0. The molecule has 2 aromatic rings. The number of nitrogens with zero attached hydrogens (tertiary/aromatic N) is 2. The first-order valence-electron chi connectivity index (χ1n) is 8.14. The zero-order valence-corrected chi connectivity index (χ0v) is 15.3.